The fourth-order valence-corrected chi connectivity index (χ4v) is 3.22. The predicted octanol–water partition coefficient (Wildman–Crippen LogP) is 3.89. The number of amides is 1. The van der Waals surface area contributed by atoms with Crippen LogP contribution in [0, 0.1) is 0 Å². The summed E-state index contributed by atoms with van der Waals surface area (Å²) in [4.78, 5) is 23.9. The van der Waals surface area contributed by atoms with E-state index in [9.17, 15) is 9.59 Å². The molecule has 0 saturated heterocycles. The Morgan fingerprint density at radius 1 is 1.04 bits per heavy atom. The first kappa shape index (κ1) is 16.2. The zero-order valence-corrected chi connectivity index (χ0v) is 14.1. The Bertz CT molecular complexity index is 731. The molecule has 1 unspecified atom stereocenters. The summed E-state index contributed by atoms with van der Waals surface area (Å²) in [5.41, 5.74) is 3.70. The summed E-state index contributed by atoms with van der Waals surface area (Å²) >= 11 is 0. The second kappa shape index (κ2) is 6.11. The van der Waals surface area contributed by atoms with Crippen molar-refractivity contribution in [2.45, 2.75) is 38.3 Å². The molecular weight excluding hydrogens is 302 g/mol. The van der Waals surface area contributed by atoms with Gasteiger partial charge in [0.05, 0.1) is 6.04 Å². The maximum Gasteiger partial charge on any atom is 0.408 e. The minimum Gasteiger partial charge on any atom is -0.444 e. The molecule has 1 N–H and O–H groups in total. The van der Waals surface area contributed by atoms with Crippen LogP contribution in [0.1, 0.15) is 37.8 Å². The summed E-state index contributed by atoms with van der Waals surface area (Å²) in [5, 5.41) is 2.72. The van der Waals surface area contributed by atoms with Gasteiger partial charge in [0.15, 0.2) is 0 Å². The monoisotopic (exact) mass is 323 g/mol. The number of rotatable bonds is 3. The van der Waals surface area contributed by atoms with Crippen molar-refractivity contribution < 1.29 is 14.3 Å². The van der Waals surface area contributed by atoms with Crippen LogP contribution in [0.4, 0.5) is 4.79 Å². The second-order valence-corrected chi connectivity index (χ2v) is 6.96. The van der Waals surface area contributed by atoms with Crippen LogP contribution in [-0.2, 0) is 9.53 Å². The van der Waals surface area contributed by atoms with E-state index in [0.717, 1.165) is 28.5 Å². The molecule has 0 aliphatic heterocycles. The topological polar surface area (TPSA) is 55.4 Å². The van der Waals surface area contributed by atoms with Crippen molar-refractivity contribution >= 4 is 12.4 Å². The van der Waals surface area contributed by atoms with Gasteiger partial charge in [-0.1, -0.05) is 48.5 Å². The number of alkyl carbamates (subject to hydrolysis) is 1. The number of benzene rings is 2. The van der Waals surface area contributed by atoms with E-state index in [-0.39, 0.29) is 5.92 Å². The number of hydrogen-bond acceptors (Lipinski definition) is 3. The minimum absolute atomic E-state index is 0.206. The summed E-state index contributed by atoms with van der Waals surface area (Å²) in [6.07, 6.45) is 0.203. The van der Waals surface area contributed by atoms with Crippen molar-refractivity contribution in [2.75, 3.05) is 0 Å². The van der Waals surface area contributed by atoms with Gasteiger partial charge in [-0.25, -0.2) is 4.79 Å². The molecule has 0 aromatic heterocycles. The summed E-state index contributed by atoms with van der Waals surface area (Å²) in [6.45, 7) is 5.38. The van der Waals surface area contributed by atoms with Gasteiger partial charge >= 0.3 is 6.09 Å². The summed E-state index contributed by atoms with van der Waals surface area (Å²) < 4.78 is 5.30. The largest absolute Gasteiger partial charge is 0.444 e. The molecule has 4 nitrogen and oxygen atoms in total. The Kier molecular flexibility index (Phi) is 4.14. The lowest BCUT2D eigenvalue weighted by Gasteiger charge is -2.25. The molecule has 0 fully saturated rings. The zero-order valence-electron chi connectivity index (χ0n) is 14.1. The van der Waals surface area contributed by atoms with Crippen molar-refractivity contribution in [1.29, 1.82) is 0 Å². The second-order valence-electron chi connectivity index (χ2n) is 6.96. The molecule has 3 rings (SSSR count). The van der Waals surface area contributed by atoms with Crippen molar-refractivity contribution in [2.24, 2.45) is 0 Å². The number of carbonyl (C=O) groups is 2. The zero-order chi connectivity index (χ0) is 17.3. The fourth-order valence-electron chi connectivity index (χ4n) is 3.22. The van der Waals surface area contributed by atoms with Crippen LogP contribution in [-0.4, -0.2) is 24.0 Å². The maximum atomic E-state index is 12.1. The molecule has 0 saturated carbocycles. The molecule has 0 radical (unpaired) electrons. The number of hydrogen-bond donors (Lipinski definition) is 1. The highest BCUT2D eigenvalue weighted by Crippen LogP contribution is 2.45. The van der Waals surface area contributed by atoms with Crippen molar-refractivity contribution in [1.82, 2.24) is 5.32 Å². The average molecular weight is 323 g/mol. The highest BCUT2D eigenvalue weighted by molar-refractivity contribution is 5.83. The number of fused-ring (bicyclic) bond motifs is 3. The van der Waals surface area contributed by atoms with Gasteiger partial charge in [-0.3, -0.25) is 0 Å². The van der Waals surface area contributed by atoms with Crippen molar-refractivity contribution in [3.8, 4) is 11.1 Å². The highest BCUT2D eigenvalue weighted by atomic mass is 16.6. The summed E-state index contributed by atoms with van der Waals surface area (Å²) in [5.74, 6) is -0.206. The molecule has 1 amide bonds. The van der Waals surface area contributed by atoms with Crippen LogP contribution in [0.5, 0.6) is 0 Å². The van der Waals surface area contributed by atoms with Crippen LogP contribution < -0.4 is 5.32 Å². The molecule has 1 aliphatic carbocycles. The van der Waals surface area contributed by atoms with Gasteiger partial charge in [-0.2, -0.15) is 0 Å². The molecule has 24 heavy (non-hydrogen) atoms. The molecule has 4 heteroatoms. The van der Waals surface area contributed by atoms with E-state index in [1.54, 1.807) is 20.8 Å². The molecule has 0 spiro atoms. The number of ether oxygens (including phenoxy) is 1. The van der Waals surface area contributed by atoms with E-state index < -0.39 is 17.7 Å². The van der Waals surface area contributed by atoms with Crippen LogP contribution in [0.15, 0.2) is 48.5 Å². The van der Waals surface area contributed by atoms with E-state index in [1.165, 1.54) is 0 Å². The SMILES string of the molecule is CC(C)(C)OC(=O)NC(C=O)C1c2ccccc2-c2ccccc21. The van der Waals surface area contributed by atoms with Crippen molar-refractivity contribution in [3.63, 3.8) is 0 Å². The first-order valence-electron chi connectivity index (χ1n) is 8.04. The molecule has 0 bridgehead atoms. The van der Waals surface area contributed by atoms with Crippen LogP contribution in [0.25, 0.3) is 11.1 Å². The number of aldehydes is 1. The minimum atomic E-state index is -0.676. The van der Waals surface area contributed by atoms with E-state index in [2.05, 4.69) is 5.32 Å². The third-order valence-corrected chi connectivity index (χ3v) is 4.07. The first-order valence-corrected chi connectivity index (χ1v) is 8.04. The summed E-state index contributed by atoms with van der Waals surface area (Å²) in [6, 6.07) is 15.3. The Hall–Kier alpha value is -2.62. The number of nitrogens with one attached hydrogen (secondary N) is 1. The molecule has 124 valence electrons. The molecule has 1 aliphatic rings. The first-order chi connectivity index (χ1) is 11.4. The van der Waals surface area contributed by atoms with Gasteiger partial charge in [0.1, 0.15) is 11.9 Å². The standard InChI is InChI=1S/C20H21NO3/c1-20(2,3)24-19(23)21-17(12-22)18-15-10-6-4-8-13(15)14-9-5-7-11-16(14)18/h4-12,17-18H,1-3H3,(H,21,23). The van der Waals surface area contributed by atoms with Gasteiger partial charge in [-0.15, -0.1) is 0 Å². The van der Waals surface area contributed by atoms with Crippen molar-refractivity contribution in [3.05, 3.63) is 59.7 Å². The van der Waals surface area contributed by atoms with Crippen LogP contribution in [0.2, 0.25) is 0 Å². The normalized spacial score (nSPS) is 14.5. The third-order valence-electron chi connectivity index (χ3n) is 4.07. The Labute approximate surface area is 141 Å². The smallest absolute Gasteiger partial charge is 0.408 e. The van der Waals surface area contributed by atoms with Gasteiger partial charge < -0.3 is 14.8 Å². The molecule has 0 heterocycles. The lowest BCUT2D eigenvalue weighted by atomic mass is 9.90. The quantitative estimate of drug-likeness (QED) is 0.872. The third kappa shape index (κ3) is 3.04. The van der Waals surface area contributed by atoms with E-state index in [0.29, 0.717) is 0 Å². The van der Waals surface area contributed by atoms with Crippen LogP contribution in [0.3, 0.4) is 0 Å². The predicted molar refractivity (Wildman–Crippen MR) is 92.9 cm³/mol. The average Bonchev–Trinajstić information content (AvgIpc) is 2.86. The molecular formula is C20H21NO3. The van der Waals surface area contributed by atoms with Gasteiger partial charge in [-0.05, 0) is 43.0 Å². The maximum absolute atomic E-state index is 12.1. The van der Waals surface area contributed by atoms with Crippen LogP contribution >= 0.6 is 0 Å². The molecule has 1 atom stereocenters. The van der Waals surface area contributed by atoms with Gasteiger partial charge in [0.25, 0.3) is 0 Å². The summed E-state index contributed by atoms with van der Waals surface area (Å²) in [7, 11) is 0. The van der Waals surface area contributed by atoms with E-state index in [1.807, 2.05) is 48.5 Å². The number of carbonyl (C=O) groups excluding carboxylic acids is 2. The van der Waals surface area contributed by atoms with Gasteiger partial charge in [0.2, 0.25) is 0 Å². The molecule has 2 aromatic carbocycles. The van der Waals surface area contributed by atoms with E-state index >= 15 is 0 Å². The molecule has 2 aromatic rings. The highest BCUT2D eigenvalue weighted by Gasteiger charge is 2.35. The van der Waals surface area contributed by atoms with E-state index in [4.69, 9.17) is 4.74 Å². The van der Waals surface area contributed by atoms with Gasteiger partial charge in [0, 0.05) is 5.92 Å². The fraction of sp³-hybridized carbons (Fsp3) is 0.300. The Balaban J connectivity index is 1.95. The Morgan fingerprint density at radius 2 is 1.54 bits per heavy atom. The lowest BCUT2D eigenvalue weighted by molar-refractivity contribution is -0.109. The Morgan fingerprint density at radius 3 is 2.00 bits per heavy atom. The lowest BCUT2D eigenvalue weighted by Crippen LogP contribution is -2.43.